The van der Waals surface area contributed by atoms with Gasteiger partial charge in [-0.1, -0.05) is 48.0 Å². The number of nitrogens with one attached hydrogen (secondary N) is 1. The van der Waals surface area contributed by atoms with E-state index in [0.29, 0.717) is 16.3 Å². The standard InChI is InChI=1S/C19H15ClN2O3/c20-17-9-5-4-6-14(17)12-21-22-19(23)18-11-10-16(25-18)13-24-15-7-2-1-3-8-15/h1-12H,13H2,(H,22,23)/b21-12-. The molecular formula is C19H15ClN2O3. The van der Waals surface area contributed by atoms with Crippen molar-refractivity contribution in [1.82, 2.24) is 5.43 Å². The molecular weight excluding hydrogens is 340 g/mol. The van der Waals surface area contributed by atoms with Gasteiger partial charge in [-0.25, -0.2) is 5.43 Å². The lowest BCUT2D eigenvalue weighted by atomic mass is 10.2. The third kappa shape index (κ3) is 4.71. The number of rotatable bonds is 6. The van der Waals surface area contributed by atoms with Gasteiger partial charge in [-0.3, -0.25) is 4.79 Å². The molecule has 5 nitrogen and oxygen atoms in total. The van der Waals surface area contributed by atoms with E-state index in [4.69, 9.17) is 20.8 Å². The molecule has 3 rings (SSSR count). The Hall–Kier alpha value is -3.05. The molecule has 2 aromatic carbocycles. The highest BCUT2D eigenvalue weighted by Crippen LogP contribution is 2.14. The fourth-order valence-corrected chi connectivity index (χ4v) is 2.23. The smallest absolute Gasteiger partial charge is 0.307 e. The highest BCUT2D eigenvalue weighted by molar-refractivity contribution is 6.33. The lowest BCUT2D eigenvalue weighted by Gasteiger charge is -2.03. The quantitative estimate of drug-likeness (QED) is 0.531. The summed E-state index contributed by atoms with van der Waals surface area (Å²) in [6, 6.07) is 19.8. The minimum absolute atomic E-state index is 0.156. The molecule has 1 amide bonds. The summed E-state index contributed by atoms with van der Waals surface area (Å²) < 4.78 is 11.0. The number of furan rings is 1. The molecule has 25 heavy (non-hydrogen) atoms. The molecule has 0 fully saturated rings. The van der Waals surface area contributed by atoms with Gasteiger partial charge in [-0.15, -0.1) is 0 Å². The lowest BCUT2D eigenvalue weighted by molar-refractivity contribution is 0.0923. The van der Waals surface area contributed by atoms with E-state index >= 15 is 0 Å². The summed E-state index contributed by atoms with van der Waals surface area (Å²) in [6.07, 6.45) is 1.47. The number of hydrazone groups is 1. The fourth-order valence-electron chi connectivity index (χ4n) is 2.04. The summed E-state index contributed by atoms with van der Waals surface area (Å²) in [7, 11) is 0. The molecule has 0 saturated carbocycles. The van der Waals surface area contributed by atoms with Crippen LogP contribution in [0.2, 0.25) is 5.02 Å². The zero-order chi connectivity index (χ0) is 17.5. The molecule has 0 spiro atoms. The Bertz CT molecular complexity index is 875. The second-order valence-electron chi connectivity index (χ2n) is 5.09. The van der Waals surface area contributed by atoms with Crippen LogP contribution in [0.4, 0.5) is 0 Å². The van der Waals surface area contributed by atoms with Crippen LogP contribution in [0.15, 0.2) is 76.2 Å². The van der Waals surface area contributed by atoms with Gasteiger partial charge in [0.25, 0.3) is 0 Å². The van der Waals surface area contributed by atoms with E-state index in [2.05, 4.69) is 10.5 Å². The van der Waals surface area contributed by atoms with Crippen molar-refractivity contribution >= 4 is 23.7 Å². The Labute approximate surface area is 149 Å². The molecule has 6 heteroatoms. The highest BCUT2D eigenvalue weighted by Gasteiger charge is 2.10. The first-order valence-corrected chi connectivity index (χ1v) is 7.94. The molecule has 1 heterocycles. The van der Waals surface area contributed by atoms with E-state index in [1.165, 1.54) is 6.21 Å². The summed E-state index contributed by atoms with van der Waals surface area (Å²) in [4.78, 5) is 12.0. The van der Waals surface area contributed by atoms with Crippen LogP contribution in [0.3, 0.4) is 0 Å². The number of hydrogen-bond acceptors (Lipinski definition) is 4. The molecule has 3 aromatic rings. The first-order chi connectivity index (χ1) is 12.2. The normalized spacial score (nSPS) is 10.8. The first kappa shape index (κ1) is 16.8. The summed E-state index contributed by atoms with van der Waals surface area (Å²) in [6.45, 7) is 0.236. The van der Waals surface area contributed by atoms with Crippen molar-refractivity contribution in [2.75, 3.05) is 0 Å². The number of carbonyl (C=O) groups is 1. The first-order valence-electron chi connectivity index (χ1n) is 7.57. The van der Waals surface area contributed by atoms with Gasteiger partial charge in [0, 0.05) is 10.6 Å². The molecule has 0 bridgehead atoms. The van der Waals surface area contributed by atoms with Gasteiger partial charge in [-0.05, 0) is 30.3 Å². The number of para-hydroxylation sites is 1. The molecule has 0 radical (unpaired) electrons. The van der Waals surface area contributed by atoms with Crippen molar-refractivity contribution < 1.29 is 13.9 Å². The minimum atomic E-state index is -0.450. The van der Waals surface area contributed by atoms with Crippen LogP contribution in [0.1, 0.15) is 21.9 Å². The molecule has 0 aliphatic rings. The van der Waals surface area contributed by atoms with Gasteiger partial charge in [0.1, 0.15) is 18.1 Å². The largest absolute Gasteiger partial charge is 0.486 e. The van der Waals surface area contributed by atoms with Crippen molar-refractivity contribution in [2.24, 2.45) is 5.10 Å². The third-order valence-electron chi connectivity index (χ3n) is 3.28. The van der Waals surface area contributed by atoms with Crippen LogP contribution in [0.25, 0.3) is 0 Å². The Morgan fingerprint density at radius 3 is 2.64 bits per heavy atom. The number of carbonyl (C=O) groups excluding carboxylic acids is 1. The minimum Gasteiger partial charge on any atom is -0.486 e. The number of hydrogen-bond donors (Lipinski definition) is 1. The highest BCUT2D eigenvalue weighted by atomic mass is 35.5. The van der Waals surface area contributed by atoms with E-state index in [9.17, 15) is 4.79 Å². The van der Waals surface area contributed by atoms with E-state index < -0.39 is 5.91 Å². The average Bonchev–Trinajstić information content (AvgIpc) is 3.11. The number of ether oxygens (including phenoxy) is 1. The average molecular weight is 355 g/mol. The van der Waals surface area contributed by atoms with Gasteiger partial charge in [0.2, 0.25) is 0 Å². The summed E-state index contributed by atoms with van der Waals surface area (Å²) in [5, 5.41) is 4.44. The number of halogens is 1. The molecule has 1 aromatic heterocycles. The number of nitrogens with zero attached hydrogens (tertiary/aromatic N) is 1. The predicted octanol–water partition coefficient (Wildman–Crippen LogP) is 4.28. The van der Waals surface area contributed by atoms with Crippen molar-refractivity contribution in [3.8, 4) is 5.75 Å². The Balaban J connectivity index is 1.54. The van der Waals surface area contributed by atoms with Crippen LogP contribution in [0.5, 0.6) is 5.75 Å². The van der Waals surface area contributed by atoms with Crippen LogP contribution in [-0.4, -0.2) is 12.1 Å². The van der Waals surface area contributed by atoms with Crippen molar-refractivity contribution in [3.05, 3.63) is 88.8 Å². The Kier molecular flexibility index (Phi) is 5.49. The van der Waals surface area contributed by atoms with E-state index in [1.54, 1.807) is 24.3 Å². The number of benzene rings is 2. The second-order valence-corrected chi connectivity index (χ2v) is 5.50. The second kappa shape index (κ2) is 8.17. The number of amides is 1. The van der Waals surface area contributed by atoms with Crippen LogP contribution >= 0.6 is 11.6 Å². The maximum atomic E-state index is 12.0. The topological polar surface area (TPSA) is 63.8 Å². The summed E-state index contributed by atoms with van der Waals surface area (Å²) >= 11 is 6.01. The van der Waals surface area contributed by atoms with E-state index in [0.717, 1.165) is 5.75 Å². The zero-order valence-electron chi connectivity index (χ0n) is 13.2. The molecule has 0 unspecified atom stereocenters. The molecule has 1 N–H and O–H groups in total. The fraction of sp³-hybridized carbons (Fsp3) is 0.0526. The maximum absolute atomic E-state index is 12.0. The van der Waals surface area contributed by atoms with Gasteiger partial charge >= 0.3 is 5.91 Å². The van der Waals surface area contributed by atoms with Crippen LogP contribution in [0, 0.1) is 0 Å². The third-order valence-corrected chi connectivity index (χ3v) is 3.63. The molecule has 0 aliphatic carbocycles. The lowest BCUT2D eigenvalue weighted by Crippen LogP contribution is -2.16. The van der Waals surface area contributed by atoms with Gasteiger partial charge in [-0.2, -0.15) is 5.10 Å². The maximum Gasteiger partial charge on any atom is 0.307 e. The zero-order valence-corrected chi connectivity index (χ0v) is 13.9. The summed E-state index contributed by atoms with van der Waals surface area (Å²) in [5.41, 5.74) is 3.11. The molecule has 0 saturated heterocycles. The van der Waals surface area contributed by atoms with Crippen molar-refractivity contribution in [3.63, 3.8) is 0 Å². The van der Waals surface area contributed by atoms with E-state index in [-0.39, 0.29) is 12.4 Å². The Morgan fingerprint density at radius 2 is 1.84 bits per heavy atom. The SMILES string of the molecule is O=C(N/N=C\c1ccccc1Cl)c1ccc(COc2ccccc2)o1. The van der Waals surface area contributed by atoms with Gasteiger partial charge < -0.3 is 9.15 Å². The van der Waals surface area contributed by atoms with Gasteiger partial charge in [0.05, 0.1) is 6.21 Å². The summed E-state index contributed by atoms with van der Waals surface area (Å²) in [5.74, 6) is 0.982. The molecule has 126 valence electrons. The van der Waals surface area contributed by atoms with E-state index in [1.807, 2.05) is 42.5 Å². The van der Waals surface area contributed by atoms with Crippen LogP contribution in [-0.2, 0) is 6.61 Å². The molecule has 0 aliphatic heterocycles. The monoisotopic (exact) mass is 354 g/mol. The van der Waals surface area contributed by atoms with Crippen molar-refractivity contribution in [2.45, 2.75) is 6.61 Å². The van der Waals surface area contributed by atoms with Crippen LogP contribution < -0.4 is 10.2 Å². The predicted molar refractivity (Wildman–Crippen MR) is 96.0 cm³/mol. The van der Waals surface area contributed by atoms with Gasteiger partial charge in [0.15, 0.2) is 5.76 Å². The Morgan fingerprint density at radius 1 is 1.08 bits per heavy atom. The van der Waals surface area contributed by atoms with Crippen molar-refractivity contribution in [1.29, 1.82) is 0 Å². The molecule has 0 atom stereocenters.